The van der Waals surface area contributed by atoms with E-state index in [1.165, 1.54) is 44.9 Å². The van der Waals surface area contributed by atoms with Crippen LogP contribution in [0.25, 0.3) is 0 Å². The molecule has 0 heterocycles. The zero-order valence-electron chi connectivity index (χ0n) is 10.9. The summed E-state index contributed by atoms with van der Waals surface area (Å²) in [7, 11) is 0. The number of hydrogen-bond acceptors (Lipinski definition) is 1. The third-order valence-corrected chi connectivity index (χ3v) is 4.97. The number of ether oxygens (including phenoxy) is 1. The number of rotatable bonds is 7. The Hall–Kier alpha value is 0.440. The van der Waals surface area contributed by atoms with Crippen molar-refractivity contribution in [2.24, 2.45) is 11.8 Å². The summed E-state index contributed by atoms with van der Waals surface area (Å²) in [6.07, 6.45) is 9.62. The molecule has 0 aromatic rings. The zero-order chi connectivity index (χ0) is 11.8. The van der Waals surface area contributed by atoms with Crippen LogP contribution in [0.4, 0.5) is 0 Å². The molecule has 96 valence electrons. The molecule has 1 saturated carbocycles. The van der Waals surface area contributed by atoms with Crippen LogP contribution in [0.2, 0.25) is 0 Å². The van der Waals surface area contributed by atoms with Gasteiger partial charge in [-0.25, -0.2) is 0 Å². The molecule has 1 nitrogen and oxygen atoms in total. The second kappa shape index (κ2) is 8.52. The molecule has 1 aliphatic carbocycles. The Morgan fingerprint density at radius 3 is 2.69 bits per heavy atom. The van der Waals surface area contributed by atoms with Gasteiger partial charge in [0.05, 0.1) is 0 Å². The molecule has 0 N–H and O–H groups in total. The van der Waals surface area contributed by atoms with Gasteiger partial charge >= 0.3 is 0 Å². The maximum Gasteiger partial charge on any atom is 0.0466 e. The first-order chi connectivity index (χ1) is 7.77. The lowest BCUT2D eigenvalue weighted by molar-refractivity contribution is 0.134. The van der Waals surface area contributed by atoms with Crippen LogP contribution in [-0.4, -0.2) is 18.0 Å². The molecule has 0 aromatic carbocycles. The van der Waals surface area contributed by atoms with Crippen molar-refractivity contribution in [3.63, 3.8) is 0 Å². The van der Waals surface area contributed by atoms with E-state index in [0.29, 0.717) is 0 Å². The van der Waals surface area contributed by atoms with Crippen LogP contribution in [0.15, 0.2) is 0 Å². The first kappa shape index (κ1) is 14.5. The zero-order valence-corrected chi connectivity index (χ0v) is 12.5. The average Bonchev–Trinajstić information content (AvgIpc) is 2.29. The molecule has 1 fully saturated rings. The monoisotopic (exact) mass is 290 g/mol. The molecular formula is C14H27BrO. The Morgan fingerprint density at radius 1 is 1.19 bits per heavy atom. The largest absolute Gasteiger partial charge is 0.382 e. The minimum atomic E-state index is 0.766. The van der Waals surface area contributed by atoms with E-state index in [4.69, 9.17) is 4.74 Å². The van der Waals surface area contributed by atoms with Crippen molar-refractivity contribution in [3.8, 4) is 0 Å². The van der Waals surface area contributed by atoms with E-state index in [1.54, 1.807) is 0 Å². The predicted octanol–water partition coefficient (Wildman–Crippen LogP) is 4.78. The van der Waals surface area contributed by atoms with Crippen molar-refractivity contribution >= 4 is 15.9 Å². The van der Waals surface area contributed by atoms with Crippen LogP contribution >= 0.6 is 15.9 Å². The summed E-state index contributed by atoms with van der Waals surface area (Å²) in [5, 5.41) is 0. The van der Waals surface area contributed by atoms with Crippen LogP contribution in [-0.2, 0) is 4.74 Å². The van der Waals surface area contributed by atoms with Crippen LogP contribution in [0.5, 0.6) is 0 Å². The highest BCUT2D eigenvalue weighted by Crippen LogP contribution is 2.38. The Morgan fingerprint density at radius 2 is 2.00 bits per heavy atom. The van der Waals surface area contributed by atoms with Gasteiger partial charge in [0.15, 0.2) is 0 Å². The van der Waals surface area contributed by atoms with Crippen molar-refractivity contribution in [1.29, 1.82) is 0 Å². The smallest absolute Gasteiger partial charge is 0.0466 e. The van der Waals surface area contributed by atoms with Gasteiger partial charge in [0.25, 0.3) is 0 Å². The molecule has 0 saturated heterocycles. The number of hydrogen-bond donors (Lipinski definition) is 0. The van der Waals surface area contributed by atoms with Crippen molar-refractivity contribution in [2.75, 3.05) is 13.2 Å². The van der Waals surface area contributed by atoms with E-state index in [1.807, 2.05) is 0 Å². The van der Waals surface area contributed by atoms with Gasteiger partial charge < -0.3 is 4.74 Å². The van der Waals surface area contributed by atoms with Gasteiger partial charge in [-0.15, -0.1) is 0 Å². The van der Waals surface area contributed by atoms with E-state index >= 15 is 0 Å². The van der Waals surface area contributed by atoms with Crippen LogP contribution in [0.1, 0.15) is 58.8 Å². The predicted molar refractivity (Wildman–Crippen MR) is 74.2 cm³/mol. The fourth-order valence-corrected chi connectivity index (χ4v) is 3.63. The third-order valence-electron chi connectivity index (χ3n) is 3.76. The number of halogens is 1. The Bertz CT molecular complexity index is 172. The molecule has 0 amide bonds. The van der Waals surface area contributed by atoms with Gasteiger partial charge in [-0.3, -0.25) is 0 Å². The van der Waals surface area contributed by atoms with Crippen LogP contribution < -0.4 is 0 Å². The molecular weight excluding hydrogens is 264 g/mol. The topological polar surface area (TPSA) is 9.23 Å². The fourth-order valence-electron chi connectivity index (χ4n) is 2.89. The number of alkyl halides is 1. The van der Waals surface area contributed by atoms with Crippen LogP contribution in [0.3, 0.4) is 0 Å². The summed E-state index contributed by atoms with van der Waals surface area (Å²) in [5.41, 5.74) is 0. The molecule has 16 heavy (non-hydrogen) atoms. The molecule has 0 bridgehead atoms. The third kappa shape index (κ3) is 5.18. The Balaban J connectivity index is 2.21. The van der Waals surface area contributed by atoms with Crippen molar-refractivity contribution in [3.05, 3.63) is 0 Å². The summed E-state index contributed by atoms with van der Waals surface area (Å²) < 4.78 is 5.42. The lowest BCUT2D eigenvalue weighted by Gasteiger charge is -2.33. The summed E-state index contributed by atoms with van der Waals surface area (Å²) in [6.45, 7) is 6.20. The van der Waals surface area contributed by atoms with Gasteiger partial charge in [0, 0.05) is 18.0 Å². The molecule has 3 unspecified atom stereocenters. The lowest BCUT2D eigenvalue weighted by Crippen LogP contribution is -2.25. The molecule has 0 aromatic heterocycles. The normalized spacial score (nSPS) is 30.6. The van der Waals surface area contributed by atoms with Crippen molar-refractivity contribution < 1.29 is 4.74 Å². The van der Waals surface area contributed by atoms with E-state index in [-0.39, 0.29) is 0 Å². The molecule has 0 aliphatic heterocycles. The first-order valence-corrected chi connectivity index (χ1v) is 7.91. The molecule has 1 rings (SSSR count). The van der Waals surface area contributed by atoms with E-state index in [0.717, 1.165) is 29.9 Å². The standard InChI is InChI=1S/C14H27BrO/c1-3-6-12-8-9-14(15)13(11-12)7-5-10-16-4-2/h12-14H,3-11H2,1-2H3. The van der Waals surface area contributed by atoms with Gasteiger partial charge in [0.1, 0.15) is 0 Å². The van der Waals surface area contributed by atoms with Crippen LogP contribution in [0, 0.1) is 11.8 Å². The highest BCUT2D eigenvalue weighted by atomic mass is 79.9. The van der Waals surface area contributed by atoms with Gasteiger partial charge in [-0.2, -0.15) is 0 Å². The molecule has 3 atom stereocenters. The Kier molecular flexibility index (Phi) is 7.72. The highest BCUT2D eigenvalue weighted by Gasteiger charge is 2.27. The SMILES string of the molecule is CCCC1CCC(Br)C(CCCOCC)C1. The molecule has 0 spiro atoms. The van der Waals surface area contributed by atoms with Gasteiger partial charge in [-0.05, 0) is 50.9 Å². The summed E-state index contributed by atoms with van der Waals surface area (Å²) in [5.74, 6) is 1.89. The van der Waals surface area contributed by atoms with E-state index in [2.05, 4.69) is 29.8 Å². The fraction of sp³-hybridized carbons (Fsp3) is 1.00. The maximum absolute atomic E-state index is 5.42. The molecule has 2 heteroatoms. The quantitative estimate of drug-likeness (QED) is 0.484. The maximum atomic E-state index is 5.42. The van der Waals surface area contributed by atoms with E-state index < -0.39 is 0 Å². The second-order valence-corrected chi connectivity index (χ2v) is 6.26. The van der Waals surface area contributed by atoms with Gasteiger partial charge in [0.2, 0.25) is 0 Å². The molecule has 1 aliphatic rings. The first-order valence-electron chi connectivity index (χ1n) is 6.99. The second-order valence-electron chi connectivity index (χ2n) is 5.08. The Labute approximate surface area is 109 Å². The minimum Gasteiger partial charge on any atom is -0.382 e. The minimum absolute atomic E-state index is 0.766. The van der Waals surface area contributed by atoms with E-state index in [9.17, 15) is 0 Å². The molecule has 0 radical (unpaired) electrons. The summed E-state index contributed by atoms with van der Waals surface area (Å²) in [4.78, 5) is 0.766. The average molecular weight is 291 g/mol. The summed E-state index contributed by atoms with van der Waals surface area (Å²) in [6, 6.07) is 0. The summed E-state index contributed by atoms with van der Waals surface area (Å²) >= 11 is 3.86. The van der Waals surface area contributed by atoms with Crippen molar-refractivity contribution in [2.45, 2.75) is 63.6 Å². The highest BCUT2D eigenvalue weighted by molar-refractivity contribution is 9.09. The van der Waals surface area contributed by atoms with Crippen molar-refractivity contribution in [1.82, 2.24) is 0 Å². The van der Waals surface area contributed by atoms with Gasteiger partial charge in [-0.1, -0.05) is 35.7 Å². The lowest BCUT2D eigenvalue weighted by atomic mass is 9.77.